The predicted molar refractivity (Wildman–Crippen MR) is 114 cm³/mol. The number of ether oxygens (including phenoxy) is 2. The summed E-state index contributed by atoms with van der Waals surface area (Å²) in [5.74, 6) is 1.25. The van der Waals surface area contributed by atoms with E-state index in [2.05, 4.69) is 15.1 Å². The first kappa shape index (κ1) is 20.5. The largest absolute Gasteiger partial charge is 0.486 e. The van der Waals surface area contributed by atoms with E-state index in [9.17, 15) is 9.18 Å². The summed E-state index contributed by atoms with van der Waals surface area (Å²) in [7, 11) is 0. The van der Waals surface area contributed by atoms with Crippen molar-refractivity contribution in [3.8, 4) is 11.5 Å². The molecule has 2 aromatic carbocycles. The summed E-state index contributed by atoms with van der Waals surface area (Å²) in [6.07, 6.45) is 0. The first-order valence-corrected chi connectivity index (χ1v) is 10.5. The van der Waals surface area contributed by atoms with Gasteiger partial charge in [-0.2, -0.15) is 0 Å². The van der Waals surface area contributed by atoms with E-state index in [1.807, 2.05) is 32.0 Å². The average Bonchev–Trinajstić information content (AvgIpc) is 2.79. The molecule has 0 spiro atoms. The Balaban J connectivity index is 1.31. The molecular formula is C23H28FN3O3. The van der Waals surface area contributed by atoms with E-state index in [0.29, 0.717) is 13.2 Å². The van der Waals surface area contributed by atoms with Crippen molar-refractivity contribution in [2.45, 2.75) is 25.9 Å². The number of anilines is 1. The van der Waals surface area contributed by atoms with Gasteiger partial charge in [0.05, 0.1) is 12.1 Å². The van der Waals surface area contributed by atoms with Gasteiger partial charge in [-0.15, -0.1) is 0 Å². The van der Waals surface area contributed by atoms with Crippen molar-refractivity contribution >= 4 is 11.6 Å². The van der Waals surface area contributed by atoms with Crippen molar-refractivity contribution in [3.63, 3.8) is 0 Å². The Morgan fingerprint density at radius 2 is 1.63 bits per heavy atom. The highest BCUT2D eigenvalue weighted by Gasteiger charge is 2.27. The molecule has 4 rings (SSSR count). The molecule has 2 unspecified atom stereocenters. The summed E-state index contributed by atoms with van der Waals surface area (Å²) in [4.78, 5) is 17.2. The Morgan fingerprint density at radius 1 is 0.967 bits per heavy atom. The average molecular weight is 413 g/mol. The standard InChI is InChI=1S/C23H28FN3O3/c1-16(18-3-8-21-22(15-18)30-14-13-29-21)25-23(28)17(2)26-9-11-27(12-10-26)20-6-4-19(24)5-7-20/h3-8,15-17H,9-14H2,1-2H3,(H,25,28). The Labute approximate surface area is 176 Å². The summed E-state index contributed by atoms with van der Waals surface area (Å²) < 4.78 is 24.3. The number of amides is 1. The lowest BCUT2D eigenvalue weighted by molar-refractivity contribution is -0.126. The molecule has 1 saturated heterocycles. The second kappa shape index (κ2) is 8.92. The third-order valence-electron chi connectivity index (χ3n) is 5.86. The zero-order valence-electron chi connectivity index (χ0n) is 17.4. The molecule has 0 aliphatic carbocycles. The van der Waals surface area contributed by atoms with Crippen LogP contribution in [0.3, 0.4) is 0 Å². The number of rotatable bonds is 5. The van der Waals surface area contributed by atoms with Crippen LogP contribution in [0.5, 0.6) is 11.5 Å². The topological polar surface area (TPSA) is 54.0 Å². The number of carbonyl (C=O) groups is 1. The molecule has 0 radical (unpaired) electrons. The van der Waals surface area contributed by atoms with E-state index in [0.717, 1.165) is 48.9 Å². The second-order valence-electron chi connectivity index (χ2n) is 7.81. The molecule has 6 nitrogen and oxygen atoms in total. The Morgan fingerprint density at radius 3 is 2.33 bits per heavy atom. The van der Waals surface area contributed by atoms with Crippen molar-refractivity contribution in [2.24, 2.45) is 0 Å². The van der Waals surface area contributed by atoms with Crippen LogP contribution in [-0.2, 0) is 4.79 Å². The molecular weight excluding hydrogens is 385 g/mol. The lowest BCUT2D eigenvalue weighted by Gasteiger charge is -2.38. The molecule has 160 valence electrons. The van der Waals surface area contributed by atoms with E-state index < -0.39 is 0 Å². The molecule has 0 saturated carbocycles. The molecule has 1 N–H and O–H groups in total. The first-order valence-electron chi connectivity index (χ1n) is 10.5. The van der Waals surface area contributed by atoms with E-state index in [-0.39, 0.29) is 23.8 Å². The summed E-state index contributed by atoms with van der Waals surface area (Å²) in [6, 6.07) is 12.0. The van der Waals surface area contributed by atoms with Crippen molar-refractivity contribution in [3.05, 3.63) is 53.8 Å². The van der Waals surface area contributed by atoms with Crippen molar-refractivity contribution in [2.75, 3.05) is 44.3 Å². The maximum atomic E-state index is 13.1. The van der Waals surface area contributed by atoms with Crippen LogP contribution in [0.1, 0.15) is 25.5 Å². The molecule has 7 heteroatoms. The lowest BCUT2D eigenvalue weighted by atomic mass is 10.1. The molecule has 0 aromatic heterocycles. The van der Waals surface area contributed by atoms with Gasteiger partial charge in [-0.05, 0) is 55.8 Å². The maximum absolute atomic E-state index is 13.1. The number of hydrogen-bond acceptors (Lipinski definition) is 5. The zero-order valence-corrected chi connectivity index (χ0v) is 17.4. The normalized spacial score (nSPS) is 18.6. The highest BCUT2D eigenvalue weighted by Crippen LogP contribution is 2.32. The summed E-state index contributed by atoms with van der Waals surface area (Å²) >= 11 is 0. The van der Waals surface area contributed by atoms with E-state index in [4.69, 9.17) is 9.47 Å². The number of nitrogens with one attached hydrogen (secondary N) is 1. The van der Waals surface area contributed by atoms with E-state index >= 15 is 0 Å². The third kappa shape index (κ3) is 4.51. The SMILES string of the molecule is CC(NC(=O)C(C)N1CCN(c2ccc(F)cc2)CC1)c1ccc2c(c1)OCCO2. The third-order valence-corrected chi connectivity index (χ3v) is 5.86. The van der Waals surface area contributed by atoms with Gasteiger partial charge in [0, 0.05) is 31.9 Å². The van der Waals surface area contributed by atoms with Gasteiger partial charge < -0.3 is 19.7 Å². The zero-order chi connectivity index (χ0) is 21.1. The Hall–Kier alpha value is -2.80. The number of benzene rings is 2. The van der Waals surface area contributed by atoms with Crippen molar-refractivity contribution in [1.29, 1.82) is 0 Å². The lowest BCUT2D eigenvalue weighted by Crippen LogP contribution is -2.54. The summed E-state index contributed by atoms with van der Waals surface area (Å²) in [5, 5.41) is 3.12. The molecule has 2 aromatic rings. The summed E-state index contributed by atoms with van der Waals surface area (Å²) in [6.45, 7) is 8.20. The minimum absolute atomic E-state index is 0.00706. The van der Waals surface area contributed by atoms with Crippen molar-refractivity contribution < 1.29 is 18.7 Å². The minimum atomic E-state index is -0.227. The molecule has 30 heavy (non-hydrogen) atoms. The molecule has 2 aliphatic rings. The highest BCUT2D eigenvalue weighted by molar-refractivity contribution is 5.81. The van der Waals surface area contributed by atoms with Crippen LogP contribution in [0.25, 0.3) is 0 Å². The van der Waals surface area contributed by atoms with Gasteiger partial charge >= 0.3 is 0 Å². The van der Waals surface area contributed by atoms with Gasteiger partial charge in [0.1, 0.15) is 19.0 Å². The van der Waals surface area contributed by atoms with Gasteiger partial charge in [0.2, 0.25) is 5.91 Å². The van der Waals surface area contributed by atoms with Crippen LogP contribution in [0, 0.1) is 5.82 Å². The van der Waals surface area contributed by atoms with Gasteiger partial charge in [-0.25, -0.2) is 4.39 Å². The number of nitrogens with zero attached hydrogens (tertiary/aromatic N) is 2. The Kier molecular flexibility index (Phi) is 6.08. The highest BCUT2D eigenvalue weighted by atomic mass is 19.1. The number of piperazine rings is 1. The number of halogens is 1. The van der Waals surface area contributed by atoms with E-state index in [1.165, 1.54) is 12.1 Å². The fourth-order valence-corrected chi connectivity index (χ4v) is 3.93. The van der Waals surface area contributed by atoms with Crippen LogP contribution >= 0.6 is 0 Å². The van der Waals surface area contributed by atoms with E-state index in [1.54, 1.807) is 12.1 Å². The molecule has 1 fully saturated rings. The van der Waals surface area contributed by atoms with Crippen molar-refractivity contribution in [1.82, 2.24) is 10.2 Å². The molecule has 2 aliphatic heterocycles. The van der Waals surface area contributed by atoms with Crippen LogP contribution in [0.4, 0.5) is 10.1 Å². The van der Waals surface area contributed by atoms with Crippen LogP contribution < -0.4 is 19.7 Å². The molecule has 2 atom stereocenters. The smallest absolute Gasteiger partial charge is 0.237 e. The van der Waals surface area contributed by atoms with Gasteiger partial charge in [0.15, 0.2) is 11.5 Å². The first-order chi connectivity index (χ1) is 14.5. The quantitative estimate of drug-likeness (QED) is 0.817. The summed E-state index contributed by atoms with van der Waals surface area (Å²) in [5.41, 5.74) is 2.00. The monoisotopic (exact) mass is 413 g/mol. The predicted octanol–water partition coefficient (Wildman–Crippen LogP) is 2.98. The van der Waals surface area contributed by atoms with Gasteiger partial charge in [-0.3, -0.25) is 9.69 Å². The van der Waals surface area contributed by atoms with Gasteiger partial charge in [-0.1, -0.05) is 6.07 Å². The van der Waals surface area contributed by atoms with Crippen LogP contribution in [0.2, 0.25) is 0 Å². The minimum Gasteiger partial charge on any atom is -0.486 e. The fourth-order valence-electron chi connectivity index (χ4n) is 3.93. The number of fused-ring (bicyclic) bond motifs is 1. The molecule has 1 amide bonds. The fraction of sp³-hybridized carbons (Fsp3) is 0.435. The maximum Gasteiger partial charge on any atom is 0.237 e. The number of carbonyl (C=O) groups excluding carboxylic acids is 1. The number of hydrogen-bond donors (Lipinski definition) is 1. The van der Waals surface area contributed by atoms with Crippen LogP contribution in [-0.4, -0.2) is 56.2 Å². The molecule has 0 bridgehead atoms. The molecule has 2 heterocycles. The van der Waals surface area contributed by atoms with Gasteiger partial charge in [0.25, 0.3) is 0 Å². The Bertz CT molecular complexity index is 882. The van der Waals surface area contributed by atoms with Crippen LogP contribution in [0.15, 0.2) is 42.5 Å². The second-order valence-corrected chi connectivity index (χ2v) is 7.81.